The van der Waals surface area contributed by atoms with Gasteiger partial charge in [-0.3, -0.25) is 9.36 Å². The molecule has 26 heavy (non-hydrogen) atoms. The van der Waals surface area contributed by atoms with Gasteiger partial charge in [-0.15, -0.1) is 10.2 Å². The summed E-state index contributed by atoms with van der Waals surface area (Å²) in [7, 11) is 1.68. The van der Waals surface area contributed by atoms with E-state index >= 15 is 0 Å². The standard InChI is InChI=1S/C19H28N4O2S/c1-4-11-22(12-5-2)17(24)15-26-19-21-20-18(23(19)13-14-25-3)16-9-7-6-8-10-16/h6-10H,4-5,11-15H2,1-3H3. The summed E-state index contributed by atoms with van der Waals surface area (Å²) in [6.45, 7) is 7.01. The number of thioether (sulfide) groups is 1. The average molecular weight is 377 g/mol. The summed E-state index contributed by atoms with van der Waals surface area (Å²) >= 11 is 1.44. The summed E-state index contributed by atoms with van der Waals surface area (Å²) in [4.78, 5) is 14.5. The van der Waals surface area contributed by atoms with Gasteiger partial charge in [0.15, 0.2) is 11.0 Å². The summed E-state index contributed by atoms with van der Waals surface area (Å²) in [5.74, 6) is 1.33. The lowest BCUT2D eigenvalue weighted by Gasteiger charge is -2.21. The van der Waals surface area contributed by atoms with Gasteiger partial charge in [0, 0.05) is 25.8 Å². The third-order valence-electron chi connectivity index (χ3n) is 3.93. The number of carbonyl (C=O) groups is 1. The topological polar surface area (TPSA) is 60.2 Å². The van der Waals surface area contributed by atoms with Gasteiger partial charge >= 0.3 is 0 Å². The molecule has 0 saturated heterocycles. The van der Waals surface area contributed by atoms with Gasteiger partial charge in [-0.05, 0) is 12.8 Å². The zero-order chi connectivity index (χ0) is 18.8. The number of hydrogen-bond donors (Lipinski definition) is 0. The Bertz CT molecular complexity index is 669. The van der Waals surface area contributed by atoms with Crippen LogP contribution in [0.5, 0.6) is 0 Å². The molecule has 1 aromatic heterocycles. The van der Waals surface area contributed by atoms with Crippen LogP contribution in [0, 0.1) is 0 Å². The molecule has 0 N–H and O–H groups in total. The molecule has 1 amide bonds. The van der Waals surface area contributed by atoms with Gasteiger partial charge in [-0.2, -0.15) is 0 Å². The van der Waals surface area contributed by atoms with Crippen LogP contribution in [0.3, 0.4) is 0 Å². The fraction of sp³-hybridized carbons (Fsp3) is 0.526. The highest BCUT2D eigenvalue weighted by Crippen LogP contribution is 2.24. The number of rotatable bonds is 11. The molecule has 7 heteroatoms. The van der Waals surface area contributed by atoms with Gasteiger partial charge in [0.1, 0.15) is 0 Å². The van der Waals surface area contributed by atoms with Crippen molar-refractivity contribution in [3.8, 4) is 11.4 Å². The van der Waals surface area contributed by atoms with Crippen LogP contribution in [0.15, 0.2) is 35.5 Å². The Balaban J connectivity index is 2.13. The summed E-state index contributed by atoms with van der Waals surface area (Å²) in [5.41, 5.74) is 1.01. The maximum atomic E-state index is 12.5. The Labute approximate surface area is 159 Å². The molecule has 6 nitrogen and oxygen atoms in total. The van der Waals surface area contributed by atoms with Crippen molar-refractivity contribution in [3.05, 3.63) is 30.3 Å². The lowest BCUT2D eigenvalue weighted by Crippen LogP contribution is -2.33. The molecule has 0 spiro atoms. The highest BCUT2D eigenvalue weighted by atomic mass is 32.2. The Morgan fingerprint density at radius 3 is 2.46 bits per heavy atom. The normalized spacial score (nSPS) is 10.9. The van der Waals surface area contributed by atoms with E-state index in [2.05, 4.69) is 24.0 Å². The first-order valence-corrected chi connectivity index (χ1v) is 10.1. The van der Waals surface area contributed by atoms with Crippen molar-refractivity contribution in [2.24, 2.45) is 0 Å². The highest BCUT2D eigenvalue weighted by molar-refractivity contribution is 7.99. The number of amides is 1. The van der Waals surface area contributed by atoms with Crippen molar-refractivity contribution >= 4 is 17.7 Å². The van der Waals surface area contributed by atoms with Crippen LogP contribution in [0.1, 0.15) is 26.7 Å². The van der Waals surface area contributed by atoms with Crippen LogP contribution >= 0.6 is 11.8 Å². The zero-order valence-corrected chi connectivity index (χ0v) is 16.7. The van der Waals surface area contributed by atoms with Crippen molar-refractivity contribution in [1.29, 1.82) is 0 Å². The van der Waals surface area contributed by atoms with Crippen LogP contribution < -0.4 is 0 Å². The van der Waals surface area contributed by atoms with Crippen molar-refractivity contribution in [2.45, 2.75) is 38.4 Å². The second-order valence-corrected chi connectivity index (χ2v) is 6.93. The third-order valence-corrected chi connectivity index (χ3v) is 4.88. The molecule has 0 fully saturated rings. The molecule has 0 aliphatic heterocycles. The second kappa shape index (κ2) is 11.0. The van der Waals surface area contributed by atoms with Crippen molar-refractivity contribution < 1.29 is 9.53 Å². The molecule has 0 atom stereocenters. The summed E-state index contributed by atoms with van der Waals surface area (Å²) in [6, 6.07) is 9.96. The largest absolute Gasteiger partial charge is 0.383 e. The van der Waals surface area contributed by atoms with E-state index in [0.29, 0.717) is 18.9 Å². The van der Waals surface area contributed by atoms with Gasteiger partial charge < -0.3 is 9.64 Å². The van der Waals surface area contributed by atoms with Crippen LogP contribution in [-0.2, 0) is 16.1 Å². The molecule has 0 bridgehead atoms. The molecule has 142 valence electrons. The number of ether oxygens (including phenoxy) is 1. The molecular weight excluding hydrogens is 348 g/mol. The Morgan fingerprint density at radius 1 is 1.15 bits per heavy atom. The minimum Gasteiger partial charge on any atom is -0.383 e. The van der Waals surface area contributed by atoms with E-state index in [1.807, 2.05) is 39.8 Å². The van der Waals surface area contributed by atoms with Crippen LogP contribution in [0.2, 0.25) is 0 Å². The molecule has 2 rings (SSSR count). The molecule has 0 aliphatic rings. The first-order valence-electron chi connectivity index (χ1n) is 9.09. The summed E-state index contributed by atoms with van der Waals surface area (Å²) in [6.07, 6.45) is 1.94. The van der Waals surface area contributed by atoms with Gasteiger partial charge in [0.05, 0.1) is 18.9 Å². The van der Waals surface area contributed by atoms with Gasteiger partial charge in [-0.1, -0.05) is 55.9 Å². The quantitative estimate of drug-likeness (QED) is 0.563. The number of hydrogen-bond acceptors (Lipinski definition) is 5. The maximum Gasteiger partial charge on any atom is 0.233 e. The Kier molecular flexibility index (Phi) is 8.64. The lowest BCUT2D eigenvalue weighted by atomic mass is 10.2. The van der Waals surface area contributed by atoms with Crippen LogP contribution in [0.25, 0.3) is 11.4 Å². The van der Waals surface area contributed by atoms with Crippen LogP contribution in [-0.4, -0.2) is 58.1 Å². The smallest absolute Gasteiger partial charge is 0.233 e. The van der Waals surface area contributed by atoms with Crippen molar-refractivity contribution in [2.75, 3.05) is 32.6 Å². The zero-order valence-electron chi connectivity index (χ0n) is 15.9. The number of nitrogens with zero attached hydrogens (tertiary/aromatic N) is 4. The monoisotopic (exact) mass is 376 g/mol. The lowest BCUT2D eigenvalue weighted by molar-refractivity contribution is -0.128. The molecule has 1 aromatic carbocycles. The predicted octanol–water partition coefficient (Wildman–Crippen LogP) is 3.33. The minimum absolute atomic E-state index is 0.154. The fourth-order valence-corrected chi connectivity index (χ4v) is 3.57. The van der Waals surface area contributed by atoms with Gasteiger partial charge in [0.2, 0.25) is 5.91 Å². The van der Waals surface area contributed by atoms with E-state index in [1.54, 1.807) is 7.11 Å². The van der Waals surface area contributed by atoms with E-state index in [-0.39, 0.29) is 5.91 Å². The summed E-state index contributed by atoms with van der Waals surface area (Å²) in [5, 5.41) is 9.42. The van der Waals surface area contributed by atoms with Gasteiger partial charge in [0.25, 0.3) is 0 Å². The molecule has 0 radical (unpaired) electrons. The second-order valence-electron chi connectivity index (χ2n) is 5.99. The molecule has 2 aromatic rings. The van der Waals surface area contributed by atoms with E-state index in [9.17, 15) is 4.79 Å². The Hall–Kier alpha value is -1.86. The SMILES string of the molecule is CCCN(CCC)C(=O)CSc1nnc(-c2ccccc2)n1CCOC. The number of methoxy groups -OCH3 is 1. The Morgan fingerprint density at radius 2 is 1.85 bits per heavy atom. The molecular formula is C19H28N4O2S. The minimum atomic E-state index is 0.154. The molecule has 0 aliphatic carbocycles. The highest BCUT2D eigenvalue weighted by Gasteiger charge is 2.17. The number of carbonyl (C=O) groups excluding carboxylic acids is 1. The van der Waals surface area contributed by atoms with E-state index in [4.69, 9.17) is 4.74 Å². The van der Waals surface area contributed by atoms with Crippen LogP contribution in [0.4, 0.5) is 0 Å². The van der Waals surface area contributed by atoms with E-state index < -0.39 is 0 Å². The average Bonchev–Trinajstić information content (AvgIpc) is 3.07. The fourth-order valence-electron chi connectivity index (χ4n) is 2.70. The summed E-state index contributed by atoms with van der Waals surface area (Å²) < 4.78 is 7.26. The first kappa shape index (κ1) is 20.5. The third kappa shape index (κ3) is 5.57. The van der Waals surface area contributed by atoms with Crippen molar-refractivity contribution in [3.63, 3.8) is 0 Å². The van der Waals surface area contributed by atoms with Crippen molar-refractivity contribution in [1.82, 2.24) is 19.7 Å². The number of benzene rings is 1. The molecule has 0 saturated carbocycles. The number of aromatic nitrogens is 3. The molecule has 1 heterocycles. The van der Waals surface area contributed by atoms with E-state index in [0.717, 1.165) is 42.5 Å². The maximum absolute atomic E-state index is 12.5. The predicted molar refractivity (Wildman–Crippen MR) is 105 cm³/mol. The molecule has 0 unspecified atom stereocenters. The first-order chi connectivity index (χ1) is 12.7. The van der Waals surface area contributed by atoms with E-state index in [1.165, 1.54) is 11.8 Å². The van der Waals surface area contributed by atoms with Gasteiger partial charge in [-0.25, -0.2) is 0 Å².